The fourth-order valence-corrected chi connectivity index (χ4v) is 4.21. The average molecular weight is 462 g/mol. The van der Waals surface area contributed by atoms with Crippen LogP contribution >= 0.6 is 11.9 Å². The molecular formula is C23H19N5O4S. The SMILES string of the molecule is Cc1ccc(C(=O)CSn2nnc(CNc3ccc4[nH]c(=O)oc4c3)c2-c2ccccc2)o1. The molecule has 0 aliphatic rings. The van der Waals surface area contributed by atoms with Crippen LogP contribution in [-0.4, -0.2) is 30.9 Å². The summed E-state index contributed by atoms with van der Waals surface area (Å²) >= 11 is 1.25. The molecule has 166 valence electrons. The summed E-state index contributed by atoms with van der Waals surface area (Å²) in [7, 11) is 0. The van der Waals surface area contributed by atoms with E-state index in [4.69, 9.17) is 8.83 Å². The number of anilines is 1. The molecule has 3 heterocycles. The number of aryl methyl sites for hydroxylation is 1. The Morgan fingerprint density at radius 1 is 1.12 bits per heavy atom. The number of H-pyrrole nitrogens is 1. The van der Waals surface area contributed by atoms with Crippen LogP contribution in [0.1, 0.15) is 22.0 Å². The molecule has 2 aromatic carbocycles. The molecule has 0 saturated heterocycles. The van der Waals surface area contributed by atoms with Crippen molar-refractivity contribution >= 4 is 34.5 Å². The lowest BCUT2D eigenvalue weighted by Gasteiger charge is -2.09. The van der Waals surface area contributed by atoms with Crippen LogP contribution in [0.25, 0.3) is 22.4 Å². The monoisotopic (exact) mass is 461 g/mol. The number of hydrogen-bond acceptors (Lipinski definition) is 8. The third kappa shape index (κ3) is 4.46. The molecule has 0 fully saturated rings. The Hall–Kier alpha value is -4.05. The van der Waals surface area contributed by atoms with E-state index < -0.39 is 5.76 Å². The molecule has 0 radical (unpaired) electrons. The molecular weight excluding hydrogens is 442 g/mol. The highest BCUT2D eigenvalue weighted by molar-refractivity contribution is 7.98. The molecule has 5 aromatic rings. The van der Waals surface area contributed by atoms with Crippen LogP contribution in [-0.2, 0) is 6.54 Å². The van der Waals surface area contributed by atoms with Gasteiger partial charge >= 0.3 is 5.76 Å². The Kier molecular flexibility index (Phi) is 5.57. The first-order chi connectivity index (χ1) is 16.1. The Morgan fingerprint density at radius 3 is 2.76 bits per heavy atom. The smallest absolute Gasteiger partial charge is 0.417 e. The van der Waals surface area contributed by atoms with Crippen molar-refractivity contribution in [1.29, 1.82) is 0 Å². The number of fused-ring (bicyclic) bond motifs is 1. The number of oxazole rings is 1. The van der Waals surface area contributed by atoms with E-state index in [1.165, 1.54) is 11.9 Å². The zero-order valence-corrected chi connectivity index (χ0v) is 18.4. The number of nitrogens with zero attached hydrogens (tertiary/aromatic N) is 3. The Bertz CT molecular complexity index is 1480. The summed E-state index contributed by atoms with van der Waals surface area (Å²) in [5.41, 5.74) is 4.32. The predicted octanol–water partition coefficient (Wildman–Crippen LogP) is 4.27. The van der Waals surface area contributed by atoms with E-state index in [9.17, 15) is 9.59 Å². The number of ketones is 1. The van der Waals surface area contributed by atoms with Crippen molar-refractivity contribution in [2.45, 2.75) is 13.5 Å². The first kappa shape index (κ1) is 20.8. The summed E-state index contributed by atoms with van der Waals surface area (Å²) < 4.78 is 12.2. The van der Waals surface area contributed by atoms with E-state index in [1.807, 2.05) is 36.4 Å². The highest BCUT2D eigenvalue weighted by atomic mass is 32.2. The van der Waals surface area contributed by atoms with E-state index in [0.29, 0.717) is 34.9 Å². The van der Waals surface area contributed by atoms with Gasteiger partial charge in [0.2, 0.25) is 5.78 Å². The number of nitrogens with one attached hydrogen (secondary N) is 2. The molecule has 9 nitrogen and oxygen atoms in total. The van der Waals surface area contributed by atoms with Crippen molar-refractivity contribution in [3.8, 4) is 11.3 Å². The number of carbonyl (C=O) groups is 1. The quantitative estimate of drug-likeness (QED) is 0.329. The van der Waals surface area contributed by atoms with Crippen molar-refractivity contribution in [3.63, 3.8) is 0 Å². The van der Waals surface area contributed by atoms with Gasteiger partial charge in [0.15, 0.2) is 11.3 Å². The number of hydrogen-bond donors (Lipinski definition) is 2. The van der Waals surface area contributed by atoms with Gasteiger partial charge in [-0.3, -0.25) is 9.78 Å². The van der Waals surface area contributed by atoms with E-state index >= 15 is 0 Å². The summed E-state index contributed by atoms with van der Waals surface area (Å²) in [6.07, 6.45) is 0. The van der Waals surface area contributed by atoms with Gasteiger partial charge in [0.05, 0.1) is 17.8 Å². The third-order valence-electron chi connectivity index (χ3n) is 4.97. The maximum absolute atomic E-state index is 12.5. The van der Waals surface area contributed by atoms with Gasteiger partial charge < -0.3 is 14.2 Å². The summed E-state index contributed by atoms with van der Waals surface area (Å²) in [5, 5.41) is 11.9. The number of benzene rings is 2. The first-order valence-electron chi connectivity index (χ1n) is 10.2. The highest BCUT2D eigenvalue weighted by Gasteiger charge is 2.18. The maximum atomic E-state index is 12.5. The largest absolute Gasteiger partial charge is 0.458 e. The lowest BCUT2D eigenvalue weighted by molar-refractivity contribution is 0.0991. The standard InChI is InChI=1S/C23H19N5O4S/c1-14-7-10-20(31-14)19(29)13-33-28-22(15-5-3-2-4-6-15)18(26-27-28)12-24-16-8-9-17-21(11-16)32-23(30)25-17/h2-11,24H,12-13H2,1H3,(H,25,30). The van der Waals surface area contributed by atoms with Crippen molar-refractivity contribution in [3.05, 3.63) is 88.4 Å². The summed E-state index contributed by atoms with van der Waals surface area (Å²) in [4.78, 5) is 26.5. The second kappa shape index (κ2) is 8.83. The van der Waals surface area contributed by atoms with Gasteiger partial charge in [-0.2, -0.15) is 4.09 Å². The van der Waals surface area contributed by atoms with Gasteiger partial charge in [-0.15, -0.1) is 5.10 Å². The zero-order valence-electron chi connectivity index (χ0n) is 17.6. The van der Waals surface area contributed by atoms with E-state index in [2.05, 4.69) is 20.6 Å². The molecule has 3 aromatic heterocycles. The minimum atomic E-state index is -0.493. The van der Waals surface area contributed by atoms with Crippen molar-refractivity contribution in [2.24, 2.45) is 0 Å². The normalized spacial score (nSPS) is 11.2. The van der Waals surface area contributed by atoms with Crippen molar-refractivity contribution < 1.29 is 13.6 Å². The topological polar surface area (TPSA) is 119 Å². The van der Waals surface area contributed by atoms with Gasteiger partial charge in [0.1, 0.15) is 17.1 Å². The van der Waals surface area contributed by atoms with Gasteiger partial charge in [0, 0.05) is 17.3 Å². The van der Waals surface area contributed by atoms with E-state index in [-0.39, 0.29) is 11.5 Å². The number of rotatable bonds is 8. The van der Waals surface area contributed by atoms with E-state index in [1.54, 1.807) is 35.3 Å². The molecule has 0 atom stereocenters. The van der Waals surface area contributed by atoms with Crippen molar-refractivity contribution in [1.82, 2.24) is 19.4 Å². The highest BCUT2D eigenvalue weighted by Crippen LogP contribution is 2.27. The lowest BCUT2D eigenvalue weighted by Crippen LogP contribution is -2.06. The molecule has 2 N–H and O–H groups in total. The average Bonchev–Trinajstić information content (AvgIpc) is 3.53. The zero-order chi connectivity index (χ0) is 22.8. The predicted molar refractivity (Wildman–Crippen MR) is 125 cm³/mol. The van der Waals surface area contributed by atoms with Crippen LogP contribution in [0.4, 0.5) is 5.69 Å². The van der Waals surface area contributed by atoms with Gasteiger partial charge in [-0.1, -0.05) is 35.5 Å². The molecule has 33 heavy (non-hydrogen) atoms. The number of furan rings is 1. The molecule has 0 saturated carbocycles. The number of Topliss-reactive ketones (excluding diaryl/α,β-unsaturated/α-hetero) is 1. The third-order valence-corrected chi connectivity index (χ3v) is 5.86. The molecule has 0 unspecified atom stereocenters. The van der Waals surface area contributed by atoms with Crippen LogP contribution in [0.2, 0.25) is 0 Å². The minimum Gasteiger partial charge on any atom is -0.458 e. The number of carbonyl (C=O) groups excluding carboxylic acids is 1. The molecule has 0 aliphatic heterocycles. The first-order valence-corrected chi connectivity index (χ1v) is 11.1. The number of aromatic nitrogens is 4. The molecule has 10 heteroatoms. The number of aromatic amines is 1. The van der Waals surface area contributed by atoms with Crippen LogP contribution < -0.4 is 11.1 Å². The molecule has 0 amide bonds. The van der Waals surface area contributed by atoms with Crippen LogP contribution in [0.3, 0.4) is 0 Å². The van der Waals surface area contributed by atoms with Gasteiger partial charge in [0.25, 0.3) is 0 Å². The van der Waals surface area contributed by atoms with E-state index in [0.717, 1.165) is 16.9 Å². The van der Waals surface area contributed by atoms with Gasteiger partial charge in [-0.25, -0.2) is 4.79 Å². The summed E-state index contributed by atoms with van der Waals surface area (Å²) in [6, 6.07) is 18.6. The van der Waals surface area contributed by atoms with Crippen LogP contribution in [0, 0.1) is 6.92 Å². The maximum Gasteiger partial charge on any atom is 0.417 e. The van der Waals surface area contributed by atoms with Crippen LogP contribution in [0.5, 0.6) is 0 Å². The molecule has 0 bridgehead atoms. The Balaban J connectivity index is 1.37. The van der Waals surface area contributed by atoms with Gasteiger partial charge in [-0.05, 0) is 43.1 Å². The molecule has 5 rings (SSSR count). The summed E-state index contributed by atoms with van der Waals surface area (Å²) in [5.74, 6) is 0.567. The van der Waals surface area contributed by atoms with Crippen LogP contribution in [0.15, 0.2) is 74.3 Å². The fraction of sp³-hybridized carbons (Fsp3) is 0.130. The van der Waals surface area contributed by atoms with Crippen molar-refractivity contribution in [2.75, 3.05) is 11.1 Å². The fourth-order valence-electron chi connectivity index (χ4n) is 3.40. The lowest BCUT2D eigenvalue weighted by atomic mass is 10.1. The second-order valence-corrected chi connectivity index (χ2v) is 8.20. The Morgan fingerprint density at radius 2 is 1.97 bits per heavy atom. The second-order valence-electron chi connectivity index (χ2n) is 7.31. The summed E-state index contributed by atoms with van der Waals surface area (Å²) in [6.45, 7) is 2.19. The Labute approximate surface area is 191 Å². The molecule has 0 spiro atoms. The molecule has 0 aliphatic carbocycles. The minimum absolute atomic E-state index is 0.122.